The summed E-state index contributed by atoms with van der Waals surface area (Å²) in [6, 6.07) is 2.65. The van der Waals surface area contributed by atoms with Gasteiger partial charge in [-0.25, -0.2) is 18.2 Å². The zero-order valence-corrected chi connectivity index (χ0v) is 16.1. The zero-order chi connectivity index (χ0) is 19.3. The van der Waals surface area contributed by atoms with Gasteiger partial charge in [0.15, 0.2) is 0 Å². The summed E-state index contributed by atoms with van der Waals surface area (Å²) < 4.78 is 31.3. The van der Waals surface area contributed by atoms with Crippen molar-refractivity contribution in [1.82, 2.24) is 14.6 Å². The van der Waals surface area contributed by atoms with Gasteiger partial charge in [-0.3, -0.25) is 4.79 Å². The Morgan fingerprint density at radius 3 is 2.44 bits per heavy atom. The van der Waals surface area contributed by atoms with Crippen molar-refractivity contribution < 1.29 is 22.7 Å². The van der Waals surface area contributed by atoms with Crippen LogP contribution >= 0.6 is 11.6 Å². The molecule has 0 atom stereocenters. The Bertz CT molecular complexity index is 714. The van der Waals surface area contributed by atoms with Gasteiger partial charge in [0, 0.05) is 19.3 Å². The van der Waals surface area contributed by atoms with Gasteiger partial charge in [-0.15, -0.1) is 0 Å². The molecular formula is C15H22ClN3O5S. The number of carbonyl (C=O) groups is 2. The predicted molar refractivity (Wildman–Crippen MR) is 92.9 cm³/mol. The van der Waals surface area contributed by atoms with E-state index in [0.717, 1.165) is 10.5 Å². The van der Waals surface area contributed by atoms with Crippen molar-refractivity contribution in [2.45, 2.75) is 38.2 Å². The number of nitrogens with zero attached hydrogens (tertiary/aromatic N) is 2. The van der Waals surface area contributed by atoms with Crippen LogP contribution in [-0.2, 0) is 19.6 Å². The molecule has 1 aromatic rings. The second-order valence-corrected chi connectivity index (χ2v) is 8.61. The fourth-order valence-electron chi connectivity index (χ4n) is 1.79. The SMILES string of the molecule is CC(=O)CN(CCNC(=O)OC(C)(C)C)S(=O)(=O)c1ccc(Cl)nc1. The molecule has 8 nitrogen and oxygen atoms in total. The molecule has 0 aliphatic carbocycles. The summed E-state index contributed by atoms with van der Waals surface area (Å²) >= 11 is 5.66. The predicted octanol–water partition coefficient (Wildman–Crippen LogP) is 1.84. The molecule has 1 N–H and O–H groups in total. The van der Waals surface area contributed by atoms with Crippen molar-refractivity contribution >= 4 is 33.5 Å². The van der Waals surface area contributed by atoms with E-state index in [1.165, 1.54) is 19.1 Å². The summed E-state index contributed by atoms with van der Waals surface area (Å²) in [7, 11) is -3.95. The van der Waals surface area contributed by atoms with E-state index in [2.05, 4.69) is 10.3 Å². The van der Waals surface area contributed by atoms with Crippen molar-refractivity contribution in [1.29, 1.82) is 0 Å². The van der Waals surface area contributed by atoms with Gasteiger partial charge < -0.3 is 10.1 Å². The minimum Gasteiger partial charge on any atom is -0.444 e. The van der Waals surface area contributed by atoms with Gasteiger partial charge in [0.25, 0.3) is 0 Å². The summed E-state index contributed by atoms with van der Waals surface area (Å²) in [5.41, 5.74) is -0.662. The average molecular weight is 392 g/mol. The number of hydrogen-bond donors (Lipinski definition) is 1. The smallest absolute Gasteiger partial charge is 0.407 e. The van der Waals surface area contributed by atoms with Crippen LogP contribution in [0.1, 0.15) is 27.7 Å². The van der Waals surface area contributed by atoms with Gasteiger partial charge in [-0.05, 0) is 39.8 Å². The van der Waals surface area contributed by atoms with Gasteiger partial charge in [0.1, 0.15) is 21.4 Å². The Labute approximate surface area is 152 Å². The number of aromatic nitrogens is 1. The first-order valence-electron chi connectivity index (χ1n) is 7.50. The molecule has 0 unspecified atom stereocenters. The number of ether oxygens (including phenoxy) is 1. The number of ketones is 1. The van der Waals surface area contributed by atoms with Crippen LogP contribution in [-0.4, -0.2) is 54.8 Å². The standard InChI is InChI=1S/C15H22ClN3O5S/c1-11(20)10-19(8-7-17-14(21)24-15(2,3)4)25(22,23)12-5-6-13(16)18-9-12/h5-6,9H,7-8,10H2,1-4H3,(H,17,21). The molecule has 0 fully saturated rings. The number of amides is 1. The van der Waals surface area contributed by atoms with Crippen molar-refractivity contribution in [3.05, 3.63) is 23.5 Å². The van der Waals surface area contributed by atoms with E-state index >= 15 is 0 Å². The maximum Gasteiger partial charge on any atom is 0.407 e. The highest BCUT2D eigenvalue weighted by Gasteiger charge is 2.26. The molecule has 0 radical (unpaired) electrons. The van der Waals surface area contributed by atoms with E-state index < -0.39 is 21.7 Å². The van der Waals surface area contributed by atoms with Gasteiger partial charge in [0.05, 0.1) is 6.54 Å². The van der Waals surface area contributed by atoms with Crippen LogP contribution < -0.4 is 5.32 Å². The summed E-state index contributed by atoms with van der Waals surface area (Å²) in [5.74, 6) is -0.331. The zero-order valence-electron chi connectivity index (χ0n) is 14.6. The highest BCUT2D eigenvalue weighted by atomic mass is 35.5. The fourth-order valence-corrected chi connectivity index (χ4v) is 3.31. The number of hydrogen-bond acceptors (Lipinski definition) is 6. The molecule has 1 rings (SSSR count). The lowest BCUT2D eigenvalue weighted by Gasteiger charge is -2.22. The van der Waals surface area contributed by atoms with Crippen LogP contribution in [0.5, 0.6) is 0 Å². The molecule has 0 saturated carbocycles. The Hall–Kier alpha value is -1.71. The van der Waals surface area contributed by atoms with E-state index in [-0.39, 0.29) is 35.5 Å². The second kappa shape index (κ2) is 8.59. The molecule has 1 heterocycles. The normalized spacial score (nSPS) is 12.1. The van der Waals surface area contributed by atoms with Crippen LogP contribution in [0.3, 0.4) is 0 Å². The van der Waals surface area contributed by atoms with Crippen molar-refractivity contribution in [3.63, 3.8) is 0 Å². The van der Waals surface area contributed by atoms with E-state index in [9.17, 15) is 18.0 Å². The van der Waals surface area contributed by atoms with Crippen LogP contribution in [0, 0.1) is 0 Å². The van der Waals surface area contributed by atoms with E-state index in [1.54, 1.807) is 20.8 Å². The fraction of sp³-hybridized carbons (Fsp3) is 0.533. The first kappa shape index (κ1) is 21.3. The lowest BCUT2D eigenvalue weighted by Crippen LogP contribution is -2.42. The molecular weight excluding hydrogens is 370 g/mol. The summed E-state index contributed by atoms with van der Waals surface area (Å²) in [6.07, 6.45) is 0.451. The van der Waals surface area contributed by atoms with Crippen LogP contribution in [0.25, 0.3) is 0 Å². The molecule has 0 aliphatic rings. The highest BCUT2D eigenvalue weighted by molar-refractivity contribution is 7.89. The second-order valence-electron chi connectivity index (χ2n) is 6.29. The third-order valence-electron chi connectivity index (χ3n) is 2.77. The van der Waals surface area contributed by atoms with Crippen LogP contribution in [0.2, 0.25) is 5.15 Å². The van der Waals surface area contributed by atoms with Crippen molar-refractivity contribution in [2.75, 3.05) is 19.6 Å². The van der Waals surface area contributed by atoms with Crippen LogP contribution in [0.15, 0.2) is 23.2 Å². The largest absolute Gasteiger partial charge is 0.444 e. The highest BCUT2D eigenvalue weighted by Crippen LogP contribution is 2.16. The molecule has 0 spiro atoms. The number of Topliss-reactive ketones (excluding diaryl/α,β-unsaturated/α-hetero) is 1. The topological polar surface area (TPSA) is 106 Å². The minimum absolute atomic E-state index is 0.0115. The van der Waals surface area contributed by atoms with Gasteiger partial charge >= 0.3 is 6.09 Å². The number of halogens is 1. The Balaban J connectivity index is 2.82. The molecule has 1 amide bonds. The lowest BCUT2D eigenvalue weighted by molar-refractivity contribution is -0.117. The molecule has 0 bridgehead atoms. The third-order valence-corrected chi connectivity index (χ3v) is 4.82. The molecule has 140 valence electrons. The maximum atomic E-state index is 12.6. The summed E-state index contributed by atoms with van der Waals surface area (Å²) in [4.78, 5) is 26.7. The van der Waals surface area contributed by atoms with Gasteiger partial charge in [-0.1, -0.05) is 11.6 Å². The monoisotopic (exact) mass is 391 g/mol. The van der Waals surface area contributed by atoms with Crippen molar-refractivity contribution in [3.8, 4) is 0 Å². The van der Waals surface area contributed by atoms with Crippen LogP contribution in [0.4, 0.5) is 4.79 Å². The number of pyridine rings is 1. The molecule has 10 heteroatoms. The lowest BCUT2D eigenvalue weighted by atomic mass is 10.2. The number of nitrogens with one attached hydrogen (secondary N) is 1. The molecule has 0 aromatic carbocycles. The van der Waals surface area contributed by atoms with E-state index in [0.29, 0.717) is 0 Å². The minimum atomic E-state index is -3.95. The quantitative estimate of drug-likeness (QED) is 0.711. The Morgan fingerprint density at radius 2 is 1.96 bits per heavy atom. The number of rotatable bonds is 7. The number of carbonyl (C=O) groups excluding carboxylic acids is 2. The van der Waals surface area contributed by atoms with Gasteiger partial charge in [-0.2, -0.15) is 4.31 Å². The van der Waals surface area contributed by atoms with E-state index in [1.807, 2.05) is 0 Å². The third kappa shape index (κ3) is 7.37. The number of alkyl carbamates (subject to hydrolysis) is 1. The number of sulfonamides is 1. The van der Waals surface area contributed by atoms with Crippen molar-refractivity contribution in [2.24, 2.45) is 0 Å². The summed E-state index contributed by atoms with van der Waals surface area (Å²) in [6.45, 7) is 6.00. The van der Waals surface area contributed by atoms with Gasteiger partial charge in [0.2, 0.25) is 10.0 Å². The Kier molecular flexibility index (Phi) is 7.33. The maximum absolute atomic E-state index is 12.6. The first-order chi connectivity index (χ1) is 11.4. The molecule has 1 aromatic heterocycles. The first-order valence-corrected chi connectivity index (χ1v) is 9.31. The molecule has 0 aliphatic heterocycles. The Morgan fingerprint density at radius 1 is 1.32 bits per heavy atom. The molecule has 25 heavy (non-hydrogen) atoms. The molecule has 0 saturated heterocycles. The average Bonchev–Trinajstić information content (AvgIpc) is 2.44. The van der Waals surface area contributed by atoms with E-state index in [4.69, 9.17) is 16.3 Å². The summed E-state index contributed by atoms with van der Waals surface area (Å²) in [5, 5.41) is 2.62.